The van der Waals surface area contributed by atoms with Gasteiger partial charge in [0, 0.05) is 23.9 Å². The molecule has 0 spiro atoms. The van der Waals surface area contributed by atoms with Crippen LogP contribution in [-0.2, 0) is 10.2 Å². The van der Waals surface area contributed by atoms with Crippen LogP contribution in [0.2, 0.25) is 0 Å². The molecule has 0 bridgehead atoms. The van der Waals surface area contributed by atoms with Crippen molar-refractivity contribution >= 4 is 5.91 Å². The zero-order chi connectivity index (χ0) is 17.0. The van der Waals surface area contributed by atoms with Gasteiger partial charge in [-0.05, 0) is 51.6 Å². The molecule has 3 heteroatoms. The molecule has 0 radical (unpaired) electrons. The van der Waals surface area contributed by atoms with Crippen molar-refractivity contribution in [1.29, 1.82) is 0 Å². The van der Waals surface area contributed by atoms with E-state index in [4.69, 9.17) is 0 Å². The van der Waals surface area contributed by atoms with Crippen LogP contribution >= 0.6 is 0 Å². The van der Waals surface area contributed by atoms with Crippen LogP contribution in [0, 0.1) is 12.8 Å². The number of carbonyl (C=O) groups is 1. The van der Waals surface area contributed by atoms with E-state index in [0.717, 1.165) is 25.9 Å². The van der Waals surface area contributed by atoms with Crippen LogP contribution in [0.1, 0.15) is 63.0 Å². The number of aryl methyl sites for hydroxylation is 1. The van der Waals surface area contributed by atoms with Crippen molar-refractivity contribution in [2.45, 2.75) is 70.3 Å². The standard InChI is InChI=1S/C21H32N2O/c1-16-7-6-8-19(13-16)21(10-4-3-5-11-21)15-23-20(24)18-9-12-22-17(2)14-18/h6-8,13,17-18,22H,3-5,9-12,14-15H2,1-2H3,(H,23,24)/t17-,18-/m0/s1. The molecule has 2 fully saturated rings. The second-order valence-corrected chi connectivity index (χ2v) is 8.00. The first kappa shape index (κ1) is 17.5. The van der Waals surface area contributed by atoms with Gasteiger partial charge in [0.25, 0.3) is 0 Å². The van der Waals surface area contributed by atoms with Crippen molar-refractivity contribution in [3.63, 3.8) is 0 Å². The summed E-state index contributed by atoms with van der Waals surface area (Å²) >= 11 is 0. The van der Waals surface area contributed by atoms with Gasteiger partial charge < -0.3 is 10.6 Å². The predicted molar refractivity (Wildman–Crippen MR) is 99.1 cm³/mol. The Balaban J connectivity index is 1.69. The largest absolute Gasteiger partial charge is 0.355 e. The summed E-state index contributed by atoms with van der Waals surface area (Å²) in [5.41, 5.74) is 2.87. The molecule has 3 nitrogen and oxygen atoms in total. The van der Waals surface area contributed by atoms with Crippen molar-refractivity contribution in [3.05, 3.63) is 35.4 Å². The highest BCUT2D eigenvalue weighted by Gasteiger charge is 2.35. The van der Waals surface area contributed by atoms with Gasteiger partial charge in [0.15, 0.2) is 0 Å². The number of amides is 1. The number of benzene rings is 1. The monoisotopic (exact) mass is 328 g/mol. The van der Waals surface area contributed by atoms with Crippen LogP contribution in [0.4, 0.5) is 0 Å². The highest BCUT2D eigenvalue weighted by Crippen LogP contribution is 2.39. The lowest BCUT2D eigenvalue weighted by molar-refractivity contribution is -0.126. The van der Waals surface area contributed by atoms with Crippen molar-refractivity contribution in [2.24, 2.45) is 5.92 Å². The number of rotatable bonds is 4. The molecule has 2 atom stereocenters. The molecule has 1 aliphatic carbocycles. The Bertz CT molecular complexity index is 563. The molecule has 1 aromatic rings. The molecule has 1 saturated heterocycles. The second kappa shape index (κ2) is 7.69. The van der Waals surface area contributed by atoms with Gasteiger partial charge in [-0.3, -0.25) is 4.79 Å². The molecule has 1 aliphatic heterocycles. The topological polar surface area (TPSA) is 41.1 Å². The molecular weight excluding hydrogens is 296 g/mol. The number of hydrogen-bond donors (Lipinski definition) is 2. The summed E-state index contributed by atoms with van der Waals surface area (Å²) in [7, 11) is 0. The zero-order valence-electron chi connectivity index (χ0n) is 15.2. The maximum atomic E-state index is 12.7. The molecular formula is C21H32N2O. The van der Waals surface area contributed by atoms with Crippen LogP contribution in [-0.4, -0.2) is 25.0 Å². The van der Waals surface area contributed by atoms with Crippen molar-refractivity contribution < 1.29 is 4.79 Å². The van der Waals surface area contributed by atoms with E-state index >= 15 is 0 Å². The Morgan fingerprint density at radius 2 is 2.08 bits per heavy atom. The maximum absolute atomic E-state index is 12.7. The van der Waals surface area contributed by atoms with E-state index in [9.17, 15) is 4.79 Å². The Morgan fingerprint density at radius 1 is 1.29 bits per heavy atom. The minimum atomic E-state index is 0.137. The van der Waals surface area contributed by atoms with Gasteiger partial charge in [-0.2, -0.15) is 0 Å². The molecule has 1 heterocycles. The summed E-state index contributed by atoms with van der Waals surface area (Å²) in [6.07, 6.45) is 8.19. The van der Waals surface area contributed by atoms with Gasteiger partial charge in [-0.25, -0.2) is 0 Å². The first-order valence-electron chi connectivity index (χ1n) is 9.67. The van der Waals surface area contributed by atoms with Crippen LogP contribution in [0.15, 0.2) is 24.3 Å². The number of carbonyl (C=O) groups excluding carboxylic acids is 1. The summed E-state index contributed by atoms with van der Waals surface area (Å²) in [5, 5.41) is 6.77. The lowest BCUT2D eigenvalue weighted by Crippen LogP contribution is -2.47. The van der Waals surface area contributed by atoms with E-state index < -0.39 is 0 Å². The molecule has 2 N–H and O–H groups in total. The quantitative estimate of drug-likeness (QED) is 0.885. The molecule has 1 amide bonds. The van der Waals surface area contributed by atoms with Crippen molar-refractivity contribution in [1.82, 2.24) is 10.6 Å². The first-order valence-corrected chi connectivity index (χ1v) is 9.67. The van der Waals surface area contributed by atoms with Crippen LogP contribution in [0.5, 0.6) is 0 Å². The van der Waals surface area contributed by atoms with Gasteiger partial charge in [0.1, 0.15) is 0 Å². The number of piperidine rings is 1. The Kier molecular flexibility index (Phi) is 5.60. The lowest BCUT2D eigenvalue weighted by Gasteiger charge is -2.39. The highest BCUT2D eigenvalue weighted by molar-refractivity contribution is 5.79. The van der Waals surface area contributed by atoms with E-state index in [2.05, 4.69) is 48.7 Å². The average Bonchev–Trinajstić information content (AvgIpc) is 2.60. The maximum Gasteiger partial charge on any atom is 0.223 e. The summed E-state index contributed by atoms with van der Waals surface area (Å²) in [6, 6.07) is 9.36. The smallest absolute Gasteiger partial charge is 0.223 e. The predicted octanol–water partition coefficient (Wildman–Crippen LogP) is 3.70. The summed E-state index contributed by atoms with van der Waals surface area (Å²) in [4.78, 5) is 12.7. The number of nitrogens with one attached hydrogen (secondary N) is 2. The fourth-order valence-corrected chi connectivity index (χ4v) is 4.54. The van der Waals surface area contributed by atoms with E-state index in [1.807, 2.05) is 0 Å². The van der Waals surface area contributed by atoms with Crippen LogP contribution < -0.4 is 10.6 Å². The molecule has 1 aromatic carbocycles. The van der Waals surface area contributed by atoms with Gasteiger partial charge in [0.2, 0.25) is 5.91 Å². The highest BCUT2D eigenvalue weighted by atomic mass is 16.1. The summed E-state index contributed by atoms with van der Waals surface area (Å²) in [6.45, 7) is 6.10. The molecule has 1 saturated carbocycles. The average molecular weight is 329 g/mol. The lowest BCUT2D eigenvalue weighted by atomic mass is 9.69. The second-order valence-electron chi connectivity index (χ2n) is 8.00. The third kappa shape index (κ3) is 4.00. The number of hydrogen-bond acceptors (Lipinski definition) is 2. The molecule has 132 valence electrons. The molecule has 0 unspecified atom stereocenters. The van der Waals surface area contributed by atoms with E-state index in [-0.39, 0.29) is 17.2 Å². The molecule has 3 rings (SSSR count). The van der Waals surface area contributed by atoms with Gasteiger partial charge in [-0.1, -0.05) is 49.1 Å². The summed E-state index contributed by atoms with van der Waals surface area (Å²) in [5.74, 6) is 0.445. The molecule has 24 heavy (non-hydrogen) atoms. The van der Waals surface area contributed by atoms with Gasteiger partial charge in [0.05, 0.1) is 0 Å². The third-order valence-corrected chi connectivity index (χ3v) is 6.04. The Morgan fingerprint density at radius 3 is 2.79 bits per heavy atom. The Labute approximate surface area is 146 Å². The van der Waals surface area contributed by atoms with E-state index in [0.29, 0.717) is 6.04 Å². The minimum absolute atomic E-state index is 0.137. The first-order chi connectivity index (χ1) is 11.6. The SMILES string of the molecule is Cc1cccc(C2(CNC(=O)[C@H]3CCN[C@@H](C)C3)CCCCC2)c1. The normalized spacial score (nSPS) is 26.8. The van der Waals surface area contributed by atoms with Crippen molar-refractivity contribution in [3.8, 4) is 0 Å². The van der Waals surface area contributed by atoms with E-state index in [1.165, 1.54) is 43.2 Å². The van der Waals surface area contributed by atoms with Crippen LogP contribution in [0.3, 0.4) is 0 Å². The van der Waals surface area contributed by atoms with Crippen molar-refractivity contribution in [2.75, 3.05) is 13.1 Å². The molecule has 0 aromatic heterocycles. The third-order valence-electron chi connectivity index (χ3n) is 6.04. The Hall–Kier alpha value is -1.35. The van der Waals surface area contributed by atoms with E-state index in [1.54, 1.807) is 0 Å². The zero-order valence-corrected chi connectivity index (χ0v) is 15.2. The van der Waals surface area contributed by atoms with Gasteiger partial charge in [-0.15, -0.1) is 0 Å². The fourth-order valence-electron chi connectivity index (χ4n) is 4.54. The minimum Gasteiger partial charge on any atom is -0.355 e. The summed E-state index contributed by atoms with van der Waals surface area (Å²) < 4.78 is 0. The fraction of sp³-hybridized carbons (Fsp3) is 0.667. The van der Waals surface area contributed by atoms with Gasteiger partial charge >= 0.3 is 0 Å². The molecule has 2 aliphatic rings. The van der Waals surface area contributed by atoms with Crippen LogP contribution in [0.25, 0.3) is 0 Å².